The fraction of sp³-hybridized carbons (Fsp3) is 0.167. The van der Waals surface area contributed by atoms with Gasteiger partial charge in [0.2, 0.25) is 0 Å². The third kappa shape index (κ3) is 3.58. The van der Waals surface area contributed by atoms with Gasteiger partial charge in [0.1, 0.15) is 0 Å². The van der Waals surface area contributed by atoms with Crippen molar-refractivity contribution in [2.45, 2.75) is 13.5 Å². The second kappa shape index (κ2) is 6.71. The van der Waals surface area contributed by atoms with Crippen LogP contribution in [0.5, 0.6) is 0 Å². The Bertz CT molecular complexity index is 589. The minimum Gasteiger partial charge on any atom is -0.331 e. The van der Waals surface area contributed by atoms with Gasteiger partial charge in [-0.15, -0.1) is 6.58 Å². The molecule has 0 aromatic heterocycles. The van der Waals surface area contributed by atoms with Gasteiger partial charge < -0.3 is 4.90 Å². The minimum atomic E-state index is 0.0393. The summed E-state index contributed by atoms with van der Waals surface area (Å²) in [6.45, 7) is 6.87. The van der Waals surface area contributed by atoms with Crippen LogP contribution in [0.3, 0.4) is 0 Å². The Labute approximate surface area is 120 Å². The van der Waals surface area contributed by atoms with Gasteiger partial charge >= 0.3 is 0 Å². The van der Waals surface area contributed by atoms with Crippen LogP contribution in [0.15, 0.2) is 67.3 Å². The van der Waals surface area contributed by atoms with Crippen molar-refractivity contribution in [3.63, 3.8) is 0 Å². The molecule has 0 aliphatic rings. The zero-order valence-corrected chi connectivity index (χ0v) is 11.8. The zero-order chi connectivity index (χ0) is 14.4. The van der Waals surface area contributed by atoms with Gasteiger partial charge in [0.25, 0.3) is 5.91 Å². The number of rotatable bonds is 5. The molecular formula is C18H19NO. The van der Waals surface area contributed by atoms with E-state index in [1.807, 2.05) is 61.5 Å². The van der Waals surface area contributed by atoms with Crippen molar-refractivity contribution >= 4 is 5.91 Å². The summed E-state index contributed by atoms with van der Waals surface area (Å²) in [5.74, 6) is 0.0393. The van der Waals surface area contributed by atoms with Crippen molar-refractivity contribution in [1.82, 2.24) is 4.90 Å². The zero-order valence-electron chi connectivity index (χ0n) is 11.8. The lowest BCUT2D eigenvalue weighted by atomic mass is 10.1. The fourth-order valence-corrected chi connectivity index (χ4v) is 2.14. The maximum atomic E-state index is 12.6. The van der Waals surface area contributed by atoms with Crippen LogP contribution in [0.4, 0.5) is 0 Å². The summed E-state index contributed by atoms with van der Waals surface area (Å²) in [5, 5.41) is 0. The number of carbonyl (C=O) groups is 1. The first kappa shape index (κ1) is 14.1. The van der Waals surface area contributed by atoms with Crippen LogP contribution in [0, 0.1) is 6.92 Å². The van der Waals surface area contributed by atoms with Crippen LogP contribution in [0.1, 0.15) is 21.5 Å². The molecule has 2 heteroatoms. The highest BCUT2D eigenvalue weighted by molar-refractivity contribution is 5.94. The van der Waals surface area contributed by atoms with Crippen molar-refractivity contribution in [2.75, 3.05) is 6.54 Å². The number of aryl methyl sites for hydroxylation is 1. The summed E-state index contributed by atoms with van der Waals surface area (Å²) in [7, 11) is 0. The Kier molecular flexibility index (Phi) is 4.72. The van der Waals surface area contributed by atoms with E-state index in [0.29, 0.717) is 13.1 Å². The van der Waals surface area contributed by atoms with E-state index in [1.54, 1.807) is 11.0 Å². The molecule has 0 aliphatic carbocycles. The van der Waals surface area contributed by atoms with Crippen LogP contribution in [0.2, 0.25) is 0 Å². The smallest absolute Gasteiger partial charge is 0.254 e. The predicted octanol–water partition coefficient (Wildman–Crippen LogP) is 3.82. The van der Waals surface area contributed by atoms with Crippen LogP contribution in [-0.4, -0.2) is 17.4 Å². The van der Waals surface area contributed by atoms with Gasteiger partial charge in [-0.1, -0.05) is 54.1 Å². The summed E-state index contributed by atoms with van der Waals surface area (Å²) in [6.07, 6.45) is 1.76. The molecule has 0 fully saturated rings. The molecule has 0 N–H and O–H groups in total. The van der Waals surface area contributed by atoms with E-state index < -0.39 is 0 Å². The van der Waals surface area contributed by atoms with Crippen molar-refractivity contribution in [3.05, 3.63) is 83.9 Å². The number of carbonyl (C=O) groups excluding carboxylic acids is 1. The molecule has 0 saturated heterocycles. The molecule has 0 unspecified atom stereocenters. The Morgan fingerprint density at radius 2 is 1.90 bits per heavy atom. The molecule has 102 valence electrons. The van der Waals surface area contributed by atoms with Crippen LogP contribution < -0.4 is 0 Å². The summed E-state index contributed by atoms with van der Waals surface area (Å²) in [6, 6.07) is 17.7. The van der Waals surface area contributed by atoms with E-state index in [0.717, 1.165) is 16.7 Å². The molecule has 2 aromatic carbocycles. The molecule has 0 spiro atoms. The first-order chi connectivity index (χ1) is 9.70. The van der Waals surface area contributed by atoms with E-state index in [4.69, 9.17) is 0 Å². The molecule has 0 heterocycles. The van der Waals surface area contributed by atoms with Crippen molar-refractivity contribution < 1.29 is 4.79 Å². The third-order valence-electron chi connectivity index (χ3n) is 3.12. The normalized spacial score (nSPS) is 10.1. The number of hydrogen-bond acceptors (Lipinski definition) is 1. The molecule has 2 nitrogen and oxygen atoms in total. The summed E-state index contributed by atoms with van der Waals surface area (Å²) >= 11 is 0. The molecule has 0 atom stereocenters. The second-order valence-electron chi connectivity index (χ2n) is 4.83. The molecule has 0 aliphatic heterocycles. The molecule has 0 bridgehead atoms. The standard InChI is InChI=1S/C18H19NO/c1-3-12-19(14-16-9-5-4-6-10-16)18(20)17-11-7-8-15(2)13-17/h3-11,13H,1,12,14H2,2H3. The SMILES string of the molecule is C=CCN(Cc1ccccc1)C(=O)c1cccc(C)c1. The van der Waals surface area contributed by atoms with E-state index in [2.05, 4.69) is 6.58 Å². The van der Waals surface area contributed by atoms with Crippen molar-refractivity contribution in [3.8, 4) is 0 Å². The average molecular weight is 265 g/mol. The predicted molar refractivity (Wildman–Crippen MR) is 82.6 cm³/mol. The summed E-state index contributed by atoms with van der Waals surface area (Å²) in [5.41, 5.74) is 2.94. The summed E-state index contributed by atoms with van der Waals surface area (Å²) < 4.78 is 0. The highest BCUT2D eigenvalue weighted by Crippen LogP contribution is 2.11. The van der Waals surface area contributed by atoms with E-state index in [1.165, 1.54) is 0 Å². The van der Waals surface area contributed by atoms with Gasteiger partial charge in [-0.25, -0.2) is 0 Å². The molecule has 1 amide bonds. The van der Waals surface area contributed by atoms with Gasteiger partial charge in [-0.2, -0.15) is 0 Å². The van der Waals surface area contributed by atoms with Gasteiger partial charge in [-0.3, -0.25) is 4.79 Å². The lowest BCUT2D eigenvalue weighted by molar-refractivity contribution is 0.0762. The highest BCUT2D eigenvalue weighted by atomic mass is 16.2. The van der Waals surface area contributed by atoms with Crippen molar-refractivity contribution in [1.29, 1.82) is 0 Å². The van der Waals surface area contributed by atoms with Crippen molar-refractivity contribution in [2.24, 2.45) is 0 Å². The molecule has 0 radical (unpaired) electrons. The fourth-order valence-electron chi connectivity index (χ4n) is 2.14. The topological polar surface area (TPSA) is 20.3 Å². The molecule has 2 rings (SSSR count). The Morgan fingerprint density at radius 1 is 1.15 bits per heavy atom. The maximum absolute atomic E-state index is 12.6. The molecule has 0 saturated carbocycles. The lowest BCUT2D eigenvalue weighted by Gasteiger charge is -2.21. The Morgan fingerprint density at radius 3 is 2.55 bits per heavy atom. The molecule has 2 aromatic rings. The minimum absolute atomic E-state index is 0.0393. The number of nitrogens with zero attached hydrogens (tertiary/aromatic N) is 1. The average Bonchev–Trinajstić information content (AvgIpc) is 2.47. The van der Waals surface area contributed by atoms with Crippen LogP contribution in [-0.2, 0) is 6.54 Å². The molecular weight excluding hydrogens is 246 g/mol. The number of hydrogen-bond donors (Lipinski definition) is 0. The van der Waals surface area contributed by atoms with E-state index in [9.17, 15) is 4.79 Å². The monoisotopic (exact) mass is 265 g/mol. The van der Waals surface area contributed by atoms with E-state index in [-0.39, 0.29) is 5.91 Å². The van der Waals surface area contributed by atoms with Crippen LogP contribution in [0.25, 0.3) is 0 Å². The quantitative estimate of drug-likeness (QED) is 0.752. The first-order valence-corrected chi connectivity index (χ1v) is 6.71. The highest BCUT2D eigenvalue weighted by Gasteiger charge is 2.14. The largest absolute Gasteiger partial charge is 0.331 e. The number of benzene rings is 2. The molecule has 20 heavy (non-hydrogen) atoms. The Hall–Kier alpha value is -2.35. The second-order valence-corrected chi connectivity index (χ2v) is 4.83. The lowest BCUT2D eigenvalue weighted by Crippen LogP contribution is -2.30. The van der Waals surface area contributed by atoms with Gasteiger partial charge in [0, 0.05) is 18.7 Å². The van der Waals surface area contributed by atoms with Gasteiger partial charge in [0.15, 0.2) is 0 Å². The Balaban J connectivity index is 2.20. The number of amides is 1. The van der Waals surface area contributed by atoms with Crippen LogP contribution >= 0.6 is 0 Å². The van der Waals surface area contributed by atoms with Gasteiger partial charge in [-0.05, 0) is 24.6 Å². The summed E-state index contributed by atoms with van der Waals surface area (Å²) in [4.78, 5) is 14.4. The van der Waals surface area contributed by atoms with E-state index >= 15 is 0 Å². The maximum Gasteiger partial charge on any atom is 0.254 e. The third-order valence-corrected chi connectivity index (χ3v) is 3.12. The first-order valence-electron chi connectivity index (χ1n) is 6.71. The van der Waals surface area contributed by atoms with Gasteiger partial charge in [0.05, 0.1) is 0 Å².